The summed E-state index contributed by atoms with van der Waals surface area (Å²) in [4.78, 5) is 17.1. The number of fused-ring (bicyclic) bond motifs is 1. The SMILES string of the molecule is CN(CCNc1ccc2ncc(Br)n2n1)C(=O)CC#N. The van der Waals surface area contributed by atoms with Gasteiger partial charge in [-0.05, 0) is 28.1 Å². The largest absolute Gasteiger partial charge is 0.367 e. The van der Waals surface area contributed by atoms with Crippen molar-refractivity contribution >= 4 is 33.3 Å². The van der Waals surface area contributed by atoms with Crippen molar-refractivity contribution < 1.29 is 4.79 Å². The third-order valence-electron chi connectivity index (χ3n) is 2.73. The van der Waals surface area contributed by atoms with Crippen LogP contribution in [-0.2, 0) is 4.79 Å². The first-order valence-electron chi connectivity index (χ1n) is 5.97. The van der Waals surface area contributed by atoms with Gasteiger partial charge in [-0.2, -0.15) is 5.26 Å². The number of rotatable bonds is 5. The Morgan fingerprint density at radius 1 is 1.60 bits per heavy atom. The number of hydrogen-bond acceptors (Lipinski definition) is 5. The van der Waals surface area contributed by atoms with Crippen molar-refractivity contribution in [2.75, 3.05) is 25.5 Å². The number of amides is 1. The highest BCUT2D eigenvalue weighted by Crippen LogP contribution is 2.13. The zero-order chi connectivity index (χ0) is 14.5. The normalized spacial score (nSPS) is 10.2. The lowest BCUT2D eigenvalue weighted by molar-refractivity contribution is -0.128. The molecule has 0 aromatic carbocycles. The highest BCUT2D eigenvalue weighted by atomic mass is 79.9. The summed E-state index contributed by atoms with van der Waals surface area (Å²) in [6, 6.07) is 5.52. The van der Waals surface area contributed by atoms with Crippen LogP contribution in [0.4, 0.5) is 5.82 Å². The minimum atomic E-state index is -0.185. The van der Waals surface area contributed by atoms with Crippen LogP contribution in [0.1, 0.15) is 6.42 Å². The molecule has 8 heteroatoms. The summed E-state index contributed by atoms with van der Waals surface area (Å²) in [7, 11) is 1.67. The second kappa shape index (κ2) is 6.34. The molecule has 0 unspecified atom stereocenters. The molecule has 1 N–H and O–H groups in total. The molecule has 0 radical (unpaired) electrons. The van der Waals surface area contributed by atoms with Crippen molar-refractivity contribution in [2.45, 2.75) is 6.42 Å². The van der Waals surface area contributed by atoms with Gasteiger partial charge in [-0.1, -0.05) is 0 Å². The number of nitrogens with zero attached hydrogens (tertiary/aromatic N) is 5. The van der Waals surface area contributed by atoms with Crippen LogP contribution in [0.5, 0.6) is 0 Å². The molecule has 0 saturated carbocycles. The zero-order valence-electron chi connectivity index (χ0n) is 10.9. The maximum atomic E-state index is 11.4. The van der Waals surface area contributed by atoms with E-state index in [-0.39, 0.29) is 12.3 Å². The second-order valence-electron chi connectivity index (χ2n) is 4.15. The van der Waals surface area contributed by atoms with Crippen molar-refractivity contribution in [2.24, 2.45) is 0 Å². The Balaban J connectivity index is 1.91. The van der Waals surface area contributed by atoms with Crippen LogP contribution in [0.15, 0.2) is 22.9 Å². The monoisotopic (exact) mass is 336 g/mol. The molecule has 0 atom stereocenters. The van der Waals surface area contributed by atoms with Crippen LogP contribution in [0.2, 0.25) is 0 Å². The summed E-state index contributed by atoms with van der Waals surface area (Å²) in [5.74, 6) is 0.507. The van der Waals surface area contributed by atoms with E-state index in [1.54, 1.807) is 17.8 Å². The molecule has 0 bridgehead atoms. The van der Waals surface area contributed by atoms with E-state index >= 15 is 0 Å². The van der Waals surface area contributed by atoms with Crippen molar-refractivity contribution in [1.29, 1.82) is 5.26 Å². The number of nitriles is 1. The van der Waals surface area contributed by atoms with E-state index in [1.165, 1.54) is 4.90 Å². The molecular weight excluding hydrogens is 324 g/mol. The van der Waals surface area contributed by atoms with Crippen LogP contribution in [0, 0.1) is 11.3 Å². The molecule has 2 heterocycles. The van der Waals surface area contributed by atoms with Gasteiger partial charge in [0.2, 0.25) is 5.91 Å². The zero-order valence-corrected chi connectivity index (χ0v) is 12.5. The van der Waals surface area contributed by atoms with Crippen LogP contribution in [-0.4, -0.2) is 45.5 Å². The molecule has 0 spiro atoms. The van der Waals surface area contributed by atoms with Gasteiger partial charge in [0.25, 0.3) is 0 Å². The summed E-state index contributed by atoms with van der Waals surface area (Å²) in [5, 5.41) is 15.9. The molecule has 2 rings (SSSR count). The van der Waals surface area contributed by atoms with Gasteiger partial charge in [-0.3, -0.25) is 4.79 Å². The molecule has 104 valence electrons. The maximum absolute atomic E-state index is 11.4. The van der Waals surface area contributed by atoms with E-state index in [9.17, 15) is 4.79 Å². The van der Waals surface area contributed by atoms with Gasteiger partial charge in [0, 0.05) is 20.1 Å². The van der Waals surface area contributed by atoms with Crippen LogP contribution >= 0.6 is 15.9 Å². The van der Waals surface area contributed by atoms with E-state index in [1.807, 2.05) is 18.2 Å². The Kier molecular flexibility index (Phi) is 4.53. The van der Waals surface area contributed by atoms with Gasteiger partial charge in [-0.15, -0.1) is 5.10 Å². The summed E-state index contributed by atoms with van der Waals surface area (Å²) in [5.41, 5.74) is 0.753. The van der Waals surface area contributed by atoms with Gasteiger partial charge < -0.3 is 10.2 Å². The van der Waals surface area contributed by atoms with Gasteiger partial charge in [0.1, 0.15) is 16.8 Å². The van der Waals surface area contributed by atoms with Gasteiger partial charge in [0.15, 0.2) is 5.65 Å². The average molecular weight is 337 g/mol. The third kappa shape index (κ3) is 3.24. The minimum Gasteiger partial charge on any atom is -0.367 e. The van der Waals surface area contributed by atoms with Crippen molar-refractivity contribution in [3.05, 3.63) is 22.9 Å². The molecule has 0 fully saturated rings. The summed E-state index contributed by atoms with van der Waals surface area (Å²) >= 11 is 3.36. The third-order valence-corrected chi connectivity index (χ3v) is 3.27. The topological polar surface area (TPSA) is 86.3 Å². The van der Waals surface area contributed by atoms with E-state index in [2.05, 4.69) is 31.3 Å². The summed E-state index contributed by atoms with van der Waals surface area (Å²) in [6.07, 6.45) is 1.59. The number of hydrogen-bond donors (Lipinski definition) is 1. The van der Waals surface area contributed by atoms with Crippen LogP contribution < -0.4 is 5.32 Å². The number of carbonyl (C=O) groups is 1. The molecule has 20 heavy (non-hydrogen) atoms. The lowest BCUT2D eigenvalue weighted by Crippen LogP contribution is -2.31. The molecule has 1 amide bonds. The smallest absolute Gasteiger partial charge is 0.236 e. The van der Waals surface area contributed by atoms with Crippen molar-refractivity contribution in [3.63, 3.8) is 0 Å². The number of likely N-dealkylation sites (N-methyl/N-ethyl adjacent to an activating group) is 1. The fraction of sp³-hybridized carbons (Fsp3) is 0.333. The maximum Gasteiger partial charge on any atom is 0.236 e. The van der Waals surface area contributed by atoms with Crippen molar-refractivity contribution in [1.82, 2.24) is 19.5 Å². The summed E-state index contributed by atoms with van der Waals surface area (Å²) in [6.45, 7) is 1.06. The highest BCUT2D eigenvalue weighted by Gasteiger charge is 2.07. The second-order valence-corrected chi connectivity index (χ2v) is 4.96. The molecule has 0 saturated heterocycles. The number of halogens is 1. The lowest BCUT2D eigenvalue weighted by atomic mass is 10.4. The van der Waals surface area contributed by atoms with E-state index < -0.39 is 0 Å². The lowest BCUT2D eigenvalue weighted by Gasteiger charge is -2.16. The standard InChI is InChI=1S/C12H13BrN6O/c1-18(12(20)4-5-14)7-6-15-10-2-3-11-16-8-9(13)19(11)17-10/h2-3,8H,4,6-7H2,1H3,(H,15,17). The van der Waals surface area contributed by atoms with Crippen LogP contribution in [0.3, 0.4) is 0 Å². The molecule has 2 aromatic rings. The molecule has 2 aromatic heterocycles. The fourth-order valence-corrected chi connectivity index (χ4v) is 1.98. The number of carbonyl (C=O) groups excluding carboxylic acids is 1. The Morgan fingerprint density at radius 2 is 2.40 bits per heavy atom. The average Bonchev–Trinajstić information content (AvgIpc) is 2.80. The number of imidazole rings is 1. The first-order valence-corrected chi connectivity index (χ1v) is 6.76. The van der Waals surface area contributed by atoms with Gasteiger partial charge >= 0.3 is 0 Å². The van der Waals surface area contributed by atoms with Crippen LogP contribution in [0.25, 0.3) is 5.65 Å². The fourth-order valence-electron chi connectivity index (χ4n) is 1.62. The Hall–Kier alpha value is -2.14. The van der Waals surface area contributed by atoms with E-state index in [4.69, 9.17) is 5.26 Å². The number of nitrogens with one attached hydrogen (secondary N) is 1. The molecule has 0 aliphatic heterocycles. The molecule has 0 aliphatic carbocycles. The predicted octanol–water partition coefficient (Wildman–Crippen LogP) is 1.28. The van der Waals surface area contributed by atoms with E-state index in [0.29, 0.717) is 18.9 Å². The molecule has 0 aliphatic rings. The Labute approximate surface area is 124 Å². The predicted molar refractivity (Wildman–Crippen MR) is 77.0 cm³/mol. The minimum absolute atomic E-state index is 0.0946. The Bertz CT molecular complexity index is 662. The van der Waals surface area contributed by atoms with Crippen molar-refractivity contribution in [3.8, 4) is 6.07 Å². The number of aromatic nitrogens is 3. The quantitative estimate of drug-likeness (QED) is 0.888. The first-order chi connectivity index (χ1) is 9.61. The molecular formula is C12H13BrN6O. The Morgan fingerprint density at radius 3 is 3.15 bits per heavy atom. The summed E-state index contributed by atoms with van der Waals surface area (Å²) < 4.78 is 2.45. The first kappa shape index (κ1) is 14.3. The van der Waals surface area contributed by atoms with Gasteiger partial charge in [0.05, 0.1) is 12.3 Å². The van der Waals surface area contributed by atoms with Gasteiger partial charge in [-0.25, -0.2) is 9.50 Å². The molecule has 7 nitrogen and oxygen atoms in total. The highest BCUT2D eigenvalue weighted by molar-refractivity contribution is 9.10. The van der Waals surface area contributed by atoms with E-state index in [0.717, 1.165) is 10.3 Å². The number of anilines is 1.